The number of benzene rings is 3. The average Bonchev–Trinajstić information content (AvgIpc) is 4.07. The molecule has 3 aliphatic heterocycles. The number of likely N-dealkylation sites (tertiary alicyclic amines) is 1. The van der Waals surface area contributed by atoms with E-state index in [1.165, 1.54) is 24.3 Å². The summed E-state index contributed by atoms with van der Waals surface area (Å²) in [5.74, 6) is 1.73. The van der Waals surface area contributed by atoms with Crippen LogP contribution in [0, 0.1) is 29.4 Å². The standard InChI is InChI=1S/C43H47F2N7O4/c1-4-30-33(44)9-6-26-18-29(53)19-31(34(26)30)35-37(45)39-36(32-22-49(2)48-38(32)35)40(52-27-7-8-28(52)21-50(20-27)14-5-16-54-3)47-41(46-39)55-25-42(10-11-42)23-51-15-17-56-43(24-51)12-13-43/h1,6,9,18-19,22,27-28,53H,5,7-8,10-17,20-21,23-25H2,2-3H3/t27-,28+. The maximum absolute atomic E-state index is 17.9. The minimum absolute atomic E-state index is 0.0176. The van der Waals surface area contributed by atoms with E-state index >= 15 is 8.78 Å². The van der Waals surface area contributed by atoms with Crippen LogP contribution in [0.5, 0.6) is 11.8 Å². The molecule has 1 spiro atoms. The molecular weight excluding hydrogens is 717 g/mol. The summed E-state index contributed by atoms with van der Waals surface area (Å²) in [6.07, 6.45) is 15.0. The Balaban J connectivity index is 1.11. The number of phenolic OH excluding ortho intramolecular Hbond substituents is 1. The monoisotopic (exact) mass is 763 g/mol. The molecule has 56 heavy (non-hydrogen) atoms. The molecule has 10 rings (SSSR count). The van der Waals surface area contributed by atoms with E-state index < -0.39 is 11.6 Å². The van der Waals surface area contributed by atoms with Crippen LogP contribution in [-0.4, -0.2) is 119 Å². The Kier molecular flexibility index (Phi) is 8.63. The van der Waals surface area contributed by atoms with Crippen LogP contribution in [0.1, 0.15) is 50.5 Å². The molecule has 3 aromatic carbocycles. The van der Waals surface area contributed by atoms with Crippen molar-refractivity contribution in [3.63, 3.8) is 0 Å². The van der Waals surface area contributed by atoms with Crippen LogP contribution in [0.2, 0.25) is 0 Å². The van der Waals surface area contributed by atoms with Gasteiger partial charge in [-0.05, 0) is 74.1 Å². The summed E-state index contributed by atoms with van der Waals surface area (Å²) in [5, 5.41) is 17.7. The number of aromatic nitrogens is 4. The van der Waals surface area contributed by atoms with Crippen LogP contribution in [-0.2, 0) is 16.5 Å². The van der Waals surface area contributed by atoms with Gasteiger partial charge in [-0.3, -0.25) is 14.5 Å². The quantitative estimate of drug-likeness (QED) is 0.127. The minimum atomic E-state index is -0.659. The molecule has 0 unspecified atom stereocenters. The molecular formula is C43H47F2N7O4. The molecule has 0 radical (unpaired) electrons. The van der Waals surface area contributed by atoms with Gasteiger partial charge >= 0.3 is 6.01 Å². The first-order chi connectivity index (χ1) is 27.2. The lowest BCUT2D eigenvalue weighted by Gasteiger charge is -2.42. The van der Waals surface area contributed by atoms with E-state index in [1.54, 1.807) is 18.8 Å². The van der Waals surface area contributed by atoms with Crippen molar-refractivity contribution < 1.29 is 28.1 Å². The van der Waals surface area contributed by atoms with Crippen LogP contribution in [0.4, 0.5) is 14.6 Å². The van der Waals surface area contributed by atoms with E-state index in [9.17, 15) is 5.11 Å². The van der Waals surface area contributed by atoms with Gasteiger partial charge < -0.3 is 24.2 Å². The summed E-state index contributed by atoms with van der Waals surface area (Å²) >= 11 is 0. The Labute approximate surface area is 324 Å². The third-order valence-corrected chi connectivity index (χ3v) is 12.9. The molecule has 5 heterocycles. The second kappa shape index (κ2) is 13.5. The number of aromatic hydroxyl groups is 1. The number of methoxy groups -OCH3 is 1. The van der Waals surface area contributed by atoms with Crippen LogP contribution < -0.4 is 9.64 Å². The van der Waals surface area contributed by atoms with Crippen molar-refractivity contribution in [1.29, 1.82) is 0 Å². The third kappa shape index (κ3) is 6.13. The number of ether oxygens (including phenoxy) is 3. The first-order valence-corrected chi connectivity index (χ1v) is 19.9. The van der Waals surface area contributed by atoms with Gasteiger partial charge in [0.25, 0.3) is 0 Å². The molecule has 2 aromatic heterocycles. The number of halogens is 2. The molecule has 2 atom stereocenters. The zero-order valence-corrected chi connectivity index (χ0v) is 32.0. The molecule has 3 saturated heterocycles. The summed E-state index contributed by atoms with van der Waals surface area (Å²) in [4.78, 5) is 17.5. The first-order valence-electron chi connectivity index (χ1n) is 19.9. The largest absolute Gasteiger partial charge is 0.508 e. The lowest BCUT2D eigenvalue weighted by Crippen LogP contribution is -2.54. The number of phenols is 1. The number of hydrogen-bond acceptors (Lipinski definition) is 10. The van der Waals surface area contributed by atoms with Gasteiger partial charge in [-0.1, -0.05) is 12.0 Å². The number of rotatable bonds is 11. The number of terminal acetylenes is 1. The highest BCUT2D eigenvalue weighted by atomic mass is 19.1. The molecule has 1 N–H and O–H groups in total. The molecule has 13 heteroatoms. The fourth-order valence-corrected chi connectivity index (χ4v) is 9.84. The fourth-order valence-electron chi connectivity index (χ4n) is 9.84. The molecule has 11 nitrogen and oxygen atoms in total. The summed E-state index contributed by atoms with van der Waals surface area (Å²) in [7, 11) is 3.52. The van der Waals surface area contributed by atoms with E-state index in [2.05, 4.69) is 20.6 Å². The van der Waals surface area contributed by atoms with Gasteiger partial charge in [0, 0.05) is 100 Å². The molecule has 0 amide bonds. The zero-order valence-electron chi connectivity index (χ0n) is 32.0. The SMILES string of the molecule is C#Cc1c(F)ccc2cc(O)cc(-c3c(F)c4nc(OCC5(CN6CCOC7(CC7)C6)CC5)nc(N5[C@@H]6CC[C@H]5CN(CCCOC)C6)c4c4cn(C)nc34)c12. The number of anilines is 1. The normalized spacial score (nSPS) is 22.7. The predicted molar refractivity (Wildman–Crippen MR) is 210 cm³/mol. The topological polar surface area (TPSA) is 101 Å². The molecule has 2 aliphatic carbocycles. The number of aryl methyl sites for hydroxylation is 1. The van der Waals surface area contributed by atoms with E-state index in [0.29, 0.717) is 46.1 Å². The van der Waals surface area contributed by atoms with Gasteiger partial charge in [0.2, 0.25) is 0 Å². The highest BCUT2D eigenvalue weighted by molar-refractivity contribution is 6.18. The van der Waals surface area contributed by atoms with Crippen molar-refractivity contribution in [2.24, 2.45) is 12.5 Å². The van der Waals surface area contributed by atoms with Gasteiger partial charge in [-0.25, -0.2) is 8.78 Å². The van der Waals surface area contributed by atoms with Gasteiger partial charge in [-0.2, -0.15) is 15.1 Å². The number of piperazine rings is 1. The summed E-state index contributed by atoms with van der Waals surface area (Å²) < 4.78 is 52.8. The smallest absolute Gasteiger partial charge is 0.319 e. The van der Waals surface area contributed by atoms with Gasteiger partial charge in [-0.15, -0.1) is 6.42 Å². The van der Waals surface area contributed by atoms with E-state index in [1.807, 2.05) is 6.20 Å². The summed E-state index contributed by atoms with van der Waals surface area (Å²) in [6.45, 7) is 7.34. The highest BCUT2D eigenvalue weighted by Crippen LogP contribution is 2.50. The Morgan fingerprint density at radius 3 is 2.57 bits per heavy atom. The van der Waals surface area contributed by atoms with Crippen molar-refractivity contribution >= 4 is 38.4 Å². The van der Waals surface area contributed by atoms with E-state index in [0.717, 1.165) is 90.8 Å². The van der Waals surface area contributed by atoms with Crippen LogP contribution in [0.3, 0.4) is 0 Å². The van der Waals surface area contributed by atoms with Crippen molar-refractivity contribution in [1.82, 2.24) is 29.5 Å². The fraction of sp³-hybridized carbons (Fsp3) is 0.512. The molecule has 2 saturated carbocycles. The van der Waals surface area contributed by atoms with Crippen LogP contribution in [0.15, 0.2) is 30.5 Å². The number of nitrogens with zero attached hydrogens (tertiary/aromatic N) is 7. The van der Waals surface area contributed by atoms with Gasteiger partial charge in [0.1, 0.15) is 28.4 Å². The maximum Gasteiger partial charge on any atom is 0.319 e. The van der Waals surface area contributed by atoms with Crippen LogP contribution >= 0.6 is 0 Å². The lowest BCUT2D eigenvalue weighted by atomic mass is 9.91. The molecule has 5 fully saturated rings. The minimum Gasteiger partial charge on any atom is -0.508 e. The lowest BCUT2D eigenvalue weighted by molar-refractivity contribution is -0.0532. The first kappa shape index (κ1) is 35.8. The summed E-state index contributed by atoms with van der Waals surface area (Å²) in [5.41, 5.74) is 0.751. The van der Waals surface area contributed by atoms with Gasteiger partial charge in [0.15, 0.2) is 5.82 Å². The number of morpholine rings is 1. The highest BCUT2D eigenvalue weighted by Gasteiger charge is 2.51. The van der Waals surface area contributed by atoms with Crippen molar-refractivity contribution in [3.05, 3.63) is 47.7 Å². The van der Waals surface area contributed by atoms with E-state index in [-0.39, 0.29) is 57.1 Å². The summed E-state index contributed by atoms with van der Waals surface area (Å²) in [6, 6.07) is 6.19. The second-order valence-electron chi connectivity index (χ2n) is 16.9. The Morgan fingerprint density at radius 2 is 1.84 bits per heavy atom. The number of fused-ring (bicyclic) bond motifs is 6. The number of hydrogen-bond donors (Lipinski definition) is 1. The second-order valence-corrected chi connectivity index (χ2v) is 16.9. The van der Waals surface area contributed by atoms with E-state index in [4.69, 9.17) is 35.7 Å². The predicted octanol–water partition coefficient (Wildman–Crippen LogP) is 6.02. The Hall–Kier alpha value is -4.61. The molecule has 5 aromatic rings. The third-order valence-electron chi connectivity index (χ3n) is 12.9. The van der Waals surface area contributed by atoms with Gasteiger partial charge in [0.05, 0.1) is 29.8 Å². The zero-order chi connectivity index (χ0) is 38.3. The Morgan fingerprint density at radius 1 is 1.04 bits per heavy atom. The molecule has 5 aliphatic rings. The maximum atomic E-state index is 17.9. The van der Waals surface area contributed by atoms with Crippen molar-refractivity contribution in [2.75, 3.05) is 71.1 Å². The molecule has 292 valence electrons. The Bertz CT molecular complexity index is 2410. The van der Waals surface area contributed by atoms with Crippen LogP contribution in [0.25, 0.3) is 43.7 Å². The van der Waals surface area contributed by atoms with Crippen molar-refractivity contribution in [2.45, 2.75) is 62.6 Å². The molecule has 2 bridgehead atoms. The average molecular weight is 764 g/mol. The van der Waals surface area contributed by atoms with Crippen molar-refractivity contribution in [3.8, 4) is 35.2 Å².